The van der Waals surface area contributed by atoms with Gasteiger partial charge in [0, 0.05) is 5.69 Å². The first-order valence-electron chi connectivity index (χ1n) is 9.92. The molecule has 0 bridgehead atoms. The Morgan fingerprint density at radius 1 is 0.844 bits per heavy atom. The number of carbonyl (C=O) groups is 3. The molecular formula is C25H23N3O4. The molecule has 162 valence electrons. The van der Waals surface area contributed by atoms with Crippen LogP contribution in [0, 0.1) is 20.8 Å². The largest absolute Gasteiger partial charge is 0.423 e. The fourth-order valence-corrected chi connectivity index (χ4v) is 2.78. The van der Waals surface area contributed by atoms with Gasteiger partial charge in [0.05, 0.1) is 11.8 Å². The van der Waals surface area contributed by atoms with Gasteiger partial charge in [-0.05, 0) is 86.0 Å². The number of anilines is 1. The fourth-order valence-electron chi connectivity index (χ4n) is 2.78. The summed E-state index contributed by atoms with van der Waals surface area (Å²) >= 11 is 0. The summed E-state index contributed by atoms with van der Waals surface area (Å²) in [6, 6.07) is 19.1. The number of nitrogens with zero attached hydrogens (tertiary/aromatic N) is 1. The second-order valence-electron chi connectivity index (χ2n) is 7.28. The average Bonchev–Trinajstić information content (AvgIpc) is 2.77. The zero-order valence-electron chi connectivity index (χ0n) is 18.0. The number of carbonyl (C=O) groups excluding carboxylic acids is 3. The van der Waals surface area contributed by atoms with E-state index in [2.05, 4.69) is 15.8 Å². The summed E-state index contributed by atoms with van der Waals surface area (Å²) in [7, 11) is 0. The molecule has 3 rings (SSSR count). The van der Waals surface area contributed by atoms with E-state index in [1.54, 1.807) is 54.6 Å². The molecule has 3 aromatic carbocycles. The van der Waals surface area contributed by atoms with Crippen LogP contribution in [0.15, 0.2) is 71.8 Å². The van der Waals surface area contributed by atoms with Crippen molar-refractivity contribution >= 4 is 29.7 Å². The maximum absolute atomic E-state index is 12.2. The lowest BCUT2D eigenvalue weighted by Gasteiger charge is -2.06. The predicted molar refractivity (Wildman–Crippen MR) is 123 cm³/mol. The molecule has 0 atom stereocenters. The van der Waals surface area contributed by atoms with Crippen LogP contribution in [0.3, 0.4) is 0 Å². The summed E-state index contributed by atoms with van der Waals surface area (Å²) in [6.45, 7) is 5.78. The highest BCUT2D eigenvalue weighted by molar-refractivity contribution is 6.39. The van der Waals surface area contributed by atoms with Crippen molar-refractivity contribution in [3.8, 4) is 5.75 Å². The van der Waals surface area contributed by atoms with Crippen molar-refractivity contribution in [3.63, 3.8) is 0 Å². The van der Waals surface area contributed by atoms with Crippen LogP contribution >= 0.6 is 0 Å². The summed E-state index contributed by atoms with van der Waals surface area (Å²) in [5.74, 6) is -1.77. The van der Waals surface area contributed by atoms with Crippen molar-refractivity contribution in [1.82, 2.24) is 5.43 Å². The lowest BCUT2D eigenvalue weighted by molar-refractivity contribution is -0.136. The van der Waals surface area contributed by atoms with Crippen molar-refractivity contribution in [2.24, 2.45) is 5.10 Å². The number of nitrogens with one attached hydrogen (secondary N) is 2. The lowest BCUT2D eigenvalue weighted by Crippen LogP contribution is -2.32. The molecule has 0 heterocycles. The van der Waals surface area contributed by atoms with Gasteiger partial charge in [0.15, 0.2) is 0 Å². The molecule has 3 aromatic rings. The predicted octanol–water partition coefficient (Wildman–Crippen LogP) is 3.92. The number of aryl methyl sites for hydroxylation is 3. The van der Waals surface area contributed by atoms with Gasteiger partial charge in [-0.25, -0.2) is 10.2 Å². The van der Waals surface area contributed by atoms with Crippen LogP contribution in [0.2, 0.25) is 0 Å². The minimum atomic E-state index is -0.886. The number of rotatable bonds is 5. The number of esters is 1. The van der Waals surface area contributed by atoms with Gasteiger partial charge in [0.2, 0.25) is 0 Å². The molecule has 0 saturated carbocycles. The molecule has 0 aliphatic heterocycles. The summed E-state index contributed by atoms with van der Waals surface area (Å²) in [5, 5.41) is 6.32. The minimum absolute atomic E-state index is 0.380. The Morgan fingerprint density at radius 3 is 2.28 bits per heavy atom. The van der Waals surface area contributed by atoms with E-state index >= 15 is 0 Å². The zero-order valence-corrected chi connectivity index (χ0v) is 18.0. The molecule has 0 spiro atoms. The Kier molecular flexibility index (Phi) is 7.13. The highest BCUT2D eigenvalue weighted by Crippen LogP contribution is 2.15. The normalized spacial score (nSPS) is 10.6. The maximum atomic E-state index is 12.2. The molecule has 0 aliphatic carbocycles. The van der Waals surface area contributed by atoms with E-state index in [9.17, 15) is 14.4 Å². The van der Waals surface area contributed by atoms with Crippen molar-refractivity contribution in [3.05, 3.63) is 94.5 Å². The van der Waals surface area contributed by atoms with Crippen LogP contribution in [0.5, 0.6) is 5.75 Å². The van der Waals surface area contributed by atoms with E-state index in [1.807, 2.05) is 32.9 Å². The highest BCUT2D eigenvalue weighted by atomic mass is 16.5. The van der Waals surface area contributed by atoms with Crippen LogP contribution in [0.1, 0.15) is 32.6 Å². The molecule has 2 N–H and O–H groups in total. The van der Waals surface area contributed by atoms with Crippen molar-refractivity contribution in [2.75, 3.05) is 5.32 Å². The van der Waals surface area contributed by atoms with E-state index in [-0.39, 0.29) is 0 Å². The van der Waals surface area contributed by atoms with Crippen LogP contribution in [-0.4, -0.2) is 24.0 Å². The third kappa shape index (κ3) is 6.12. The Labute approximate surface area is 186 Å². The molecule has 0 fully saturated rings. The number of amides is 2. The Bertz CT molecular complexity index is 1180. The van der Waals surface area contributed by atoms with Crippen molar-refractivity contribution in [1.29, 1.82) is 0 Å². The molecule has 7 heteroatoms. The molecule has 0 aliphatic rings. The topological polar surface area (TPSA) is 96.9 Å². The maximum Gasteiger partial charge on any atom is 0.343 e. The molecular weight excluding hydrogens is 406 g/mol. The fraction of sp³-hybridized carbons (Fsp3) is 0.120. The number of ether oxygens (including phenoxy) is 1. The Balaban J connectivity index is 1.51. The van der Waals surface area contributed by atoms with E-state index in [4.69, 9.17) is 4.74 Å². The molecule has 0 aromatic heterocycles. The summed E-state index contributed by atoms with van der Waals surface area (Å²) in [6.07, 6.45) is 1.38. The van der Waals surface area contributed by atoms with Gasteiger partial charge in [0.25, 0.3) is 0 Å². The van der Waals surface area contributed by atoms with Crippen molar-refractivity contribution in [2.45, 2.75) is 20.8 Å². The quantitative estimate of drug-likeness (QED) is 0.211. The smallest absolute Gasteiger partial charge is 0.343 e. The first kappa shape index (κ1) is 22.4. The lowest BCUT2D eigenvalue weighted by atomic mass is 10.1. The number of hydrogen-bond acceptors (Lipinski definition) is 5. The van der Waals surface area contributed by atoms with Gasteiger partial charge < -0.3 is 10.1 Å². The van der Waals surface area contributed by atoms with Gasteiger partial charge in [-0.2, -0.15) is 5.10 Å². The second kappa shape index (κ2) is 10.2. The SMILES string of the molecule is Cc1cccc(C(=O)Oc2ccc(/C=N/NC(=O)C(=O)Nc3ccc(C)c(C)c3)cc2)c1. The summed E-state index contributed by atoms with van der Waals surface area (Å²) in [5.41, 5.74) is 6.90. The molecule has 0 radical (unpaired) electrons. The number of benzene rings is 3. The monoisotopic (exact) mass is 429 g/mol. The minimum Gasteiger partial charge on any atom is -0.423 e. The van der Waals surface area contributed by atoms with Crippen LogP contribution in [0.4, 0.5) is 5.69 Å². The zero-order chi connectivity index (χ0) is 23.1. The third-order valence-electron chi connectivity index (χ3n) is 4.70. The van der Waals surface area contributed by atoms with Crippen LogP contribution in [0.25, 0.3) is 0 Å². The third-order valence-corrected chi connectivity index (χ3v) is 4.70. The van der Waals surface area contributed by atoms with E-state index in [0.29, 0.717) is 22.6 Å². The molecule has 32 heavy (non-hydrogen) atoms. The van der Waals surface area contributed by atoms with E-state index < -0.39 is 17.8 Å². The molecule has 7 nitrogen and oxygen atoms in total. The second-order valence-corrected chi connectivity index (χ2v) is 7.28. The van der Waals surface area contributed by atoms with Gasteiger partial charge in [-0.3, -0.25) is 9.59 Å². The molecule has 2 amide bonds. The van der Waals surface area contributed by atoms with E-state index in [1.165, 1.54) is 6.21 Å². The van der Waals surface area contributed by atoms with Crippen LogP contribution in [-0.2, 0) is 9.59 Å². The summed E-state index contributed by atoms with van der Waals surface area (Å²) < 4.78 is 5.35. The standard InChI is InChI=1S/C25H23N3O4/c1-16-5-4-6-20(13-16)25(31)32-22-11-8-19(9-12-22)15-26-28-24(30)23(29)27-21-10-7-17(2)18(3)14-21/h4-15H,1-3H3,(H,27,29)(H,28,30)/b26-15+. The van der Waals surface area contributed by atoms with Crippen molar-refractivity contribution < 1.29 is 19.1 Å². The Morgan fingerprint density at radius 2 is 1.59 bits per heavy atom. The van der Waals surface area contributed by atoms with Gasteiger partial charge in [-0.1, -0.05) is 23.8 Å². The van der Waals surface area contributed by atoms with Gasteiger partial charge in [-0.15, -0.1) is 0 Å². The van der Waals surface area contributed by atoms with E-state index in [0.717, 1.165) is 16.7 Å². The first-order chi connectivity index (χ1) is 15.3. The van der Waals surface area contributed by atoms with Gasteiger partial charge >= 0.3 is 17.8 Å². The molecule has 0 saturated heterocycles. The number of hydrogen-bond donors (Lipinski definition) is 2. The highest BCUT2D eigenvalue weighted by Gasteiger charge is 2.13. The Hall–Kier alpha value is -4.26. The van der Waals surface area contributed by atoms with Gasteiger partial charge in [0.1, 0.15) is 5.75 Å². The average molecular weight is 429 g/mol. The number of hydrazone groups is 1. The summed E-state index contributed by atoms with van der Waals surface area (Å²) in [4.78, 5) is 36.1. The van der Waals surface area contributed by atoms with Crippen LogP contribution < -0.4 is 15.5 Å². The molecule has 0 unspecified atom stereocenters. The first-order valence-corrected chi connectivity index (χ1v) is 9.92.